The van der Waals surface area contributed by atoms with E-state index in [0.29, 0.717) is 32.1 Å². The summed E-state index contributed by atoms with van der Waals surface area (Å²) in [5.74, 6) is -0.516. The molecule has 188 valence electrons. The first-order chi connectivity index (χ1) is 17.0. The van der Waals surface area contributed by atoms with Gasteiger partial charge < -0.3 is 20.1 Å². The second-order valence-electron chi connectivity index (χ2n) is 9.95. The first-order valence-electron chi connectivity index (χ1n) is 13.0. The van der Waals surface area contributed by atoms with Gasteiger partial charge in [0.1, 0.15) is 6.04 Å². The highest BCUT2D eigenvalue weighted by molar-refractivity contribution is 5.87. The van der Waals surface area contributed by atoms with Crippen LogP contribution in [-0.4, -0.2) is 53.2 Å². The van der Waals surface area contributed by atoms with E-state index in [1.165, 1.54) is 30.4 Å². The molecule has 0 saturated heterocycles. The fourth-order valence-corrected chi connectivity index (χ4v) is 5.18. The summed E-state index contributed by atoms with van der Waals surface area (Å²) in [4.78, 5) is 27.2. The van der Waals surface area contributed by atoms with Gasteiger partial charge in [0, 0.05) is 25.6 Å². The molecule has 1 aliphatic carbocycles. The van der Waals surface area contributed by atoms with Gasteiger partial charge >= 0.3 is 5.97 Å². The maximum atomic E-state index is 13.5. The van der Waals surface area contributed by atoms with Crippen molar-refractivity contribution in [3.8, 4) is 0 Å². The van der Waals surface area contributed by atoms with Crippen molar-refractivity contribution in [1.29, 1.82) is 0 Å². The number of carbonyl (C=O) groups is 2. The third-order valence-electron chi connectivity index (χ3n) is 7.51. The number of ether oxygens (including phenoxy) is 1. The molecule has 3 atom stereocenters. The van der Waals surface area contributed by atoms with E-state index in [9.17, 15) is 14.7 Å². The van der Waals surface area contributed by atoms with Gasteiger partial charge in [-0.3, -0.25) is 4.79 Å². The number of hydrogen-bond acceptors (Lipinski definition) is 4. The molecule has 4 rings (SSSR count). The van der Waals surface area contributed by atoms with Crippen LogP contribution in [-0.2, 0) is 33.7 Å². The van der Waals surface area contributed by atoms with Crippen LogP contribution in [0.4, 0.5) is 0 Å². The maximum Gasteiger partial charge on any atom is 0.326 e. The predicted octanol–water partition coefficient (Wildman–Crippen LogP) is 4.31. The lowest BCUT2D eigenvalue weighted by atomic mass is 9.78. The Labute approximate surface area is 208 Å². The highest BCUT2D eigenvalue weighted by Gasteiger charge is 2.37. The molecule has 0 spiro atoms. The Kier molecular flexibility index (Phi) is 8.58. The number of carbonyl (C=O) groups excluding carboxylic acids is 1. The van der Waals surface area contributed by atoms with Crippen LogP contribution in [0.5, 0.6) is 0 Å². The first-order valence-corrected chi connectivity index (χ1v) is 13.0. The molecule has 2 aliphatic rings. The third kappa shape index (κ3) is 6.30. The number of fused-ring (bicyclic) bond motifs is 1. The van der Waals surface area contributed by atoms with Crippen LogP contribution in [0.15, 0.2) is 48.5 Å². The quantitative estimate of drug-likeness (QED) is 0.503. The number of nitrogens with zero attached hydrogens (tertiary/aromatic N) is 1. The summed E-state index contributed by atoms with van der Waals surface area (Å²) in [6.45, 7) is 5.25. The van der Waals surface area contributed by atoms with Crippen molar-refractivity contribution in [1.82, 2.24) is 10.2 Å². The van der Waals surface area contributed by atoms with Crippen molar-refractivity contribution in [2.75, 3.05) is 13.2 Å². The summed E-state index contributed by atoms with van der Waals surface area (Å²) in [5, 5.41) is 13.4. The Balaban J connectivity index is 1.43. The summed E-state index contributed by atoms with van der Waals surface area (Å²) >= 11 is 0. The summed E-state index contributed by atoms with van der Waals surface area (Å²) in [6.07, 6.45) is 5.76. The molecule has 1 amide bonds. The van der Waals surface area contributed by atoms with E-state index in [4.69, 9.17) is 4.74 Å². The van der Waals surface area contributed by atoms with Crippen LogP contribution >= 0.6 is 0 Å². The fourth-order valence-electron chi connectivity index (χ4n) is 5.18. The van der Waals surface area contributed by atoms with Crippen LogP contribution in [0.25, 0.3) is 0 Å². The van der Waals surface area contributed by atoms with Gasteiger partial charge in [0.05, 0.1) is 12.6 Å². The standard InChI is InChI=1S/C29H38N2O4/c1-3-35-19-26(15-12-21-8-5-4-6-9-21)30-20(2)28(32)31-18-24-14-13-23(22-10-7-11-22)16-25(24)17-27(31)29(33)34/h4-6,8-9,13-14,16,20,22,26-27,30H,3,7,10-12,15,17-19H2,1-2H3,(H,33,34)/t20-,26?,27-/m0/s1. The van der Waals surface area contributed by atoms with Crippen LogP contribution in [0.3, 0.4) is 0 Å². The lowest BCUT2D eigenvalue weighted by molar-refractivity contribution is -0.152. The summed E-state index contributed by atoms with van der Waals surface area (Å²) in [5.41, 5.74) is 4.69. The van der Waals surface area contributed by atoms with E-state index in [0.717, 1.165) is 24.0 Å². The fraction of sp³-hybridized carbons (Fsp3) is 0.517. The van der Waals surface area contributed by atoms with Crippen molar-refractivity contribution < 1.29 is 19.4 Å². The molecule has 1 aliphatic heterocycles. The van der Waals surface area contributed by atoms with Gasteiger partial charge in [-0.2, -0.15) is 0 Å². The maximum absolute atomic E-state index is 13.5. The second-order valence-corrected chi connectivity index (χ2v) is 9.95. The zero-order valence-corrected chi connectivity index (χ0v) is 20.9. The summed E-state index contributed by atoms with van der Waals surface area (Å²) in [7, 11) is 0. The largest absolute Gasteiger partial charge is 0.480 e. The number of benzene rings is 2. The minimum Gasteiger partial charge on any atom is -0.480 e. The minimum atomic E-state index is -0.944. The van der Waals surface area contributed by atoms with Crippen LogP contribution in [0.2, 0.25) is 0 Å². The van der Waals surface area contributed by atoms with Crippen molar-refractivity contribution in [3.63, 3.8) is 0 Å². The van der Waals surface area contributed by atoms with E-state index in [2.05, 4.69) is 35.6 Å². The molecular formula is C29H38N2O4. The van der Waals surface area contributed by atoms with Gasteiger partial charge in [-0.05, 0) is 67.7 Å². The van der Waals surface area contributed by atoms with Crippen molar-refractivity contribution in [2.24, 2.45) is 0 Å². The Hall–Kier alpha value is -2.70. The van der Waals surface area contributed by atoms with Crippen LogP contribution in [0.1, 0.15) is 67.7 Å². The molecular weight excluding hydrogens is 440 g/mol. The van der Waals surface area contributed by atoms with Crippen molar-refractivity contribution in [3.05, 3.63) is 70.8 Å². The van der Waals surface area contributed by atoms with E-state index < -0.39 is 18.1 Å². The van der Waals surface area contributed by atoms with Gasteiger partial charge in [-0.15, -0.1) is 0 Å². The highest BCUT2D eigenvalue weighted by Crippen LogP contribution is 2.38. The lowest BCUT2D eigenvalue weighted by Crippen LogP contribution is -2.55. The Morgan fingerprint density at radius 1 is 1.14 bits per heavy atom. The molecule has 6 heteroatoms. The molecule has 1 unspecified atom stereocenters. The van der Waals surface area contributed by atoms with E-state index in [-0.39, 0.29) is 11.9 Å². The van der Waals surface area contributed by atoms with Crippen molar-refractivity contribution in [2.45, 2.75) is 83.0 Å². The van der Waals surface area contributed by atoms with Crippen LogP contribution in [0, 0.1) is 0 Å². The monoisotopic (exact) mass is 478 g/mol. The van der Waals surface area contributed by atoms with Gasteiger partial charge in [0.15, 0.2) is 0 Å². The molecule has 2 aromatic rings. The first kappa shape index (κ1) is 25.4. The molecule has 0 aromatic heterocycles. The molecule has 1 heterocycles. The van der Waals surface area contributed by atoms with Gasteiger partial charge in [0.2, 0.25) is 5.91 Å². The number of carboxylic acids is 1. The van der Waals surface area contributed by atoms with Crippen molar-refractivity contribution >= 4 is 11.9 Å². The number of amides is 1. The van der Waals surface area contributed by atoms with E-state index >= 15 is 0 Å². The molecule has 35 heavy (non-hydrogen) atoms. The molecule has 0 bridgehead atoms. The highest BCUT2D eigenvalue weighted by atomic mass is 16.5. The Bertz CT molecular complexity index is 1000. The SMILES string of the molecule is CCOCC(CCc1ccccc1)N[C@@H](C)C(=O)N1Cc2ccc(C3CCC3)cc2C[C@H]1C(=O)O. The zero-order chi connectivity index (χ0) is 24.8. The normalized spacial score (nSPS) is 19.5. The number of carboxylic acid groups (broad SMARTS) is 1. The average Bonchev–Trinajstić information content (AvgIpc) is 2.83. The number of nitrogens with one attached hydrogen (secondary N) is 1. The summed E-state index contributed by atoms with van der Waals surface area (Å²) in [6, 6.07) is 15.4. The van der Waals surface area contributed by atoms with Gasteiger partial charge in [-0.25, -0.2) is 4.79 Å². The third-order valence-corrected chi connectivity index (χ3v) is 7.51. The van der Waals surface area contributed by atoms with E-state index in [1.807, 2.05) is 32.0 Å². The molecule has 2 aromatic carbocycles. The molecule has 0 radical (unpaired) electrons. The molecule has 1 fully saturated rings. The number of aliphatic carboxylic acids is 1. The Morgan fingerprint density at radius 2 is 1.91 bits per heavy atom. The van der Waals surface area contributed by atoms with Crippen LogP contribution < -0.4 is 5.32 Å². The van der Waals surface area contributed by atoms with Gasteiger partial charge in [0.25, 0.3) is 0 Å². The lowest BCUT2D eigenvalue weighted by Gasteiger charge is -2.37. The molecule has 2 N–H and O–H groups in total. The predicted molar refractivity (Wildman–Crippen MR) is 136 cm³/mol. The molecule has 1 saturated carbocycles. The topological polar surface area (TPSA) is 78.9 Å². The second kappa shape index (κ2) is 11.8. The average molecular weight is 479 g/mol. The van der Waals surface area contributed by atoms with E-state index in [1.54, 1.807) is 4.90 Å². The zero-order valence-electron chi connectivity index (χ0n) is 20.9. The Morgan fingerprint density at radius 3 is 2.57 bits per heavy atom. The number of rotatable bonds is 11. The molecule has 6 nitrogen and oxygen atoms in total. The van der Waals surface area contributed by atoms with Gasteiger partial charge in [-0.1, -0.05) is 55.0 Å². The number of aryl methyl sites for hydroxylation is 1. The number of hydrogen-bond donors (Lipinski definition) is 2. The summed E-state index contributed by atoms with van der Waals surface area (Å²) < 4.78 is 5.68. The minimum absolute atomic E-state index is 0.000467. The smallest absolute Gasteiger partial charge is 0.326 e.